The minimum atomic E-state index is 0.0855. The van der Waals surface area contributed by atoms with E-state index in [2.05, 4.69) is 9.97 Å². The van der Waals surface area contributed by atoms with Crippen LogP contribution in [0.25, 0.3) is 33.5 Å². The maximum Gasteiger partial charge on any atom is 0.125 e. The number of hydrogen-bond donors (Lipinski definition) is 3. The Kier molecular flexibility index (Phi) is 3.47. The van der Waals surface area contributed by atoms with E-state index in [1.165, 1.54) is 0 Å². The van der Waals surface area contributed by atoms with Crippen LogP contribution in [0.3, 0.4) is 0 Å². The number of nitrogens with two attached hydrogens (primary N) is 1. The maximum atomic E-state index is 10.3. The number of aromatic hydroxyl groups is 2. The molecule has 4 aromatic rings. The standard InChI is InChI=1S/C20H15N3O2/c21-14-8-5-9-15-20(14)23-19(13-7-2-4-11-17(13)25)18(22-15)12-6-1-3-10-16(12)24/h1-11,24-25H,21H2. The van der Waals surface area contributed by atoms with Gasteiger partial charge in [-0.15, -0.1) is 0 Å². The summed E-state index contributed by atoms with van der Waals surface area (Å²) in [7, 11) is 0. The van der Waals surface area contributed by atoms with Crippen LogP contribution in [0.2, 0.25) is 0 Å². The number of aromatic nitrogens is 2. The fourth-order valence-corrected chi connectivity index (χ4v) is 2.82. The molecule has 1 aromatic heterocycles. The number of nitrogen functional groups attached to an aromatic ring is 1. The lowest BCUT2D eigenvalue weighted by molar-refractivity contribution is 0.475. The quantitative estimate of drug-likeness (QED) is 0.484. The number of rotatable bonds is 2. The van der Waals surface area contributed by atoms with Crippen molar-refractivity contribution in [2.75, 3.05) is 5.73 Å². The molecule has 0 fully saturated rings. The predicted octanol–water partition coefficient (Wildman–Crippen LogP) is 3.96. The smallest absolute Gasteiger partial charge is 0.125 e. The summed E-state index contributed by atoms with van der Waals surface area (Å²) in [5, 5.41) is 20.6. The lowest BCUT2D eigenvalue weighted by atomic mass is 10.0. The molecule has 5 heteroatoms. The highest BCUT2D eigenvalue weighted by Crippen LogP contribution is 2.38. The van der Waals surface area contributed by atoms with Crippen molar-refractivity contribution in [3.05, 3.63) is 66.7 Å². The number of phenols is 2. The lowest BCUT2D eigenvalue weighted by Crippen LogP contribution is -1.98. The molecule has 0 saturated heterocycles. The third kappa shape index (κ3) is 2.52. The number of benzene rings is 3. The van der Waals surface area contributed by atoms with Gasteiger partial charge in [-0.1, -0.05) is 30.3 Å². The molecule has 122 valence electrons. The van der Waals surface area contributed by atoms with Crippen molar-refractivity contribution in [2.24, 2.45) is 0 Å². The van der Waals surface area contributed by atoms with Crippen LogP contribution in [0.4, 0.5) is 5.69 Å². The molecule has 0 aliphatic rings. The fourth-order valence-electron chi connectivity index (χ4n) is 2.82. The predicted molar refractivity (Wildman–Crippen MR) is 98.2 cm³/mol. The van der Waals surface area contributed by atoms with E-state index in [0.717, 1.165) is 0 Å². The average Bonchev–Trinajstić information content (AvgIpc) is 2.62. The Morgan fingerprint density at radius 3 is 1.80 bits per heavy atom. The van der Waals surface area contributed by atoms with Crippen LogP contribution in [0.15, 0.2) is 66.7 Å². The second-order valence-corrected chi connectivity index (χ2v) is 5.67. The molecule has 4 N–H and O–H groups in total. The summed E-state index contributed by atoms with van der Waals surface area (Å²) >= 11 is 0. The first-order valence-corrected chi connectivity index (χ1v) is 7.78. The van der Waals surface area contributed by atoms with Gasteiger partial charge >= 0.3 is 0 Å². The summed E-state index contributed by atoms with van der Waals surface area (Å²) in [4.78, 5) is 9.34. The van der Waals surface area contributed by atoms with Gasteiger partial charge < -0.3 is 15.9 Å². The highest BCUT2D eigenvalue weighted by Gasteiger charge is 2.18. The average molecular weight is 329 g/mol. The molecule has 25 heavy (non-hydrogen) atoms. The third-order valence-electron chi connectivity index (χ3n) is 4.04. The van der Waals surface area contributed by atoms with Gasteiger partial charge in [-0.05, 0) is 36.4 Å². The first-order valence-electron chi connectivity index (χ1n) is 7.78. The first kappa shape index (κ1) is 15.0. The van der Waals surface area contributed by atoms with E-state index in [1.807, 2.05) is 18.2 Å². The van der Waals surface area contributed by atoms with Crippen LogP contribution in [0, 0.1) is 0 Å². The SMILES string of the molecule is Nc1cccc2nc(-c3ccccc3O)c(-c3ccccc3O)nc12. The van der Waals surface area contributed by atoms with Crippen LogP contribution in [0.1, 0.15) is 0 Å². The van der Waals surface area contributed by atoms with Crippen molar-refractivity contribution < 1.29 is 10.2 Å². The maximum absolute atomic E-state index is 10.3. The number of fused-ring (bicyclic) bond motifs is 1. The van der Waals surface area contributed by atoms with E-state index in [1.54, 1.807) is 48.5 Å². The molecule has 0 saturated carbocycles. The lowest BCUT2D eigenvalue weighted by Gasteiger charge is -2.13. The molecule has 0 amide bonds. The van der Waals surface area contributed by atoms with E-state index >= 15 is 0 Å². The van der Waals surface area contributed by atoms with Gasteiger partial charge in [0.15, 0.2) is 0 Å². The Morgan fingerprint density at radius 2 is 1.20 bits per heavy atom. The summed E-state index contributed by atoms with van der Waals surface area (Å²) in [5.74, 6) is 0.180. The van der Waals surface area contributed by atoms with Crippen LogP contribution in [0.5, 0.6) is 11.5 Å². The van der Waals surface area contributed by atoms with Crippen molar-refractivity contribution in [1.29, 1.82) is 0 Å². The van der Waals surface area contributed by atoms with E-state index < -0.39 is 0 Å². The molecule has 0 atom stereocenters. The molecule has 0 bridgehead atoms. The molecule has 0 spiro atoms. The largest absolute Gasteiger partial charge is 0.507 e. The van der Waals surface area contributed by atoms with E-state index in [0.29, 0.717) is 39.2 Å². The summed E-state index contributed by atoms with van der Waals surface area (Å²) in [5.41, 5.74) is 9.74. The highest BCUT2D eigenvalue weighted by atomic mass is 16.3. The summed E-state index contributed by atoms with van der Waals surface area (Å²) in [6.45, 7) is 0. The molecule has 1 heterocycles. The molecular weight excluding hydrogens is 314 g/mol. The Morgan fingerprint density at radius 1 is 0.640 bits per heavy atom. The minimum absolute atomic E-state index is 0.0855. The summed E-state index contributed by atoms with van der Waals surface area (Å²) < 4.78 is 0. The molecule has 0 aliphatic carbocycles. The Labute approximate surface area is 144 Å². The fraction of sp³-hybridized carbons (Fsp3) is 0. The van der Waals surface area contributed by atoms with Crippen LogP contribution in [-0.4, -0.2) is 20.2 Å². The van der Waals surface area contributed by atoms with Gasteiger partial charge in [-0.25, -0.2) is 9.97 Å². The van der Waals surface area contributed by atoms with Gasteiger partial charge in [0, 0.05) is 11.1 Å². The molecule has 5 nitrogen and oxygen atoms in total. The van der Waals surface area contributed by atoms with Crippen molar-refractivity contribution in [3.63, 3.8) is 0 Å². The second kappa shape index (κ2) is 5.79. The van der Waals surface area contributed by atoms with Gasteiger partial charge in [-0.3, -0.25) is 0 Å². The van der Waals surface area contributed by atoms with Crippen LogP contribution < -0.4 is 5.73 Å². The number of phenolic OH excluding ortho intramolecular Hbond substituents is 2. The van der Waals surface area contributed by atoms with E-state index in [4.69, 9.17) is 5.73 Å². The zero-order valence-corrected chi connectivity index (χ0v) is 13.2. The molecule has 4 rings (SSSR count). The molecular formula is C20H15N3O2. The normalized spacial score (nSPS) is 10.9. The van der Waals surface area contributed by atoms with Gasteiger partial charge in [0.25, 0.3) is 0 Å². The second-order valence-electron chi connectivity index (χ2n) is 5.67. The number of nitrogens with zero attached hydrogens (tertiary/aromatic N) is 2. The van der Waals surface area contributed by atoms with E-state index in [-0.39, 0.29) is 11.5 Å². The number of para-hydroxylation sites is 3. The van der Waals surface area contributed by atoms with Gasteiger partial charge in [0.05, 0.1) is 11.2 Å². The molecule has 3 aromatic carbocycles. The zero-order chi connectivity index (χ0) is 17.4. The van der Waals surface area contributed by atoms with Gasteiger partial charge in [-0.2, -0.15) is 0 Å². The Balaban J connectivity index is 2.12. The zero-order valence-electron chi connectivity index (χ0n) is 13.2. The van der Waals surface area contributed by atoms with E-state index in [9.17, 15) is 10.2 Å². The monoisotopic (exact) mass is 329 g/mol. The first-order chi connectivity index (χ1) is 12.1. The molecule has 0 unspecified atom stereocenters. The summed E-state index contributed by atoms with van der Waals surface area (Å²) in [6.07, 6.45) is 0. The summed E-state index contributed by atoms with van der Waals surface area (Å²) in [6, 6.07) is 19.2. The number of hydrogen-bond acceptors (Lipinski definition) is 5. The number of anilines is 1. The van der Waals surface area contributed by atoms with Crippen molar-refractivity contribution in [2.45, 2.75) is 0 Å². The van der Waals surface area contributed by atoms with Crippen LogP contribution in [-0.2, 0) is 0 Å². The molecule has 0 radical (unpaired) electrons. The molecule has 0 aliphatic heterocycles. The Bertz CT molecular complexity index is 1090. The van der Waals surface area contributed by atoms with Gasteiger partial charge in [0.2, 0.25) is 0 Å². The van der Waals surface area contributed by atoms with Crippen molar-refractivity contribution in [3.8, 4) is 34.0 Å². The van der Waals surface area contributed by atoms with Crippen LogP contribution >= 0.6 is 0 Å². The van der Waals surface area contributed by atoms with Crippen molar-refractivity contribution >= 4 is 16.7 Å². The highest BCUT2D eigenvalue weighted by molar-refractivity contribution is 5.93. The Hall–Kier alpha value is -3.60. The third-order valence-corrected chi connectivity index (χ3v) is 4.04. The minimum Gasteiger partial charge on any atom is -0.507 e. The van der Waals surface area contributed by atoms with Crippen molar-refractivity contribution in [1.82, 2.24) is 9.97 Å². The van der Waals surface area contributed by atoms with Gasteiger partial charge in [0.1, 0.15) is 28.4 Å². The topological polar surface area (TPSA) is 92.3 Å².